The van der Waals surface area contributed by atoms with Crippen LogP contribution in [-0.4, -0.2) is 97.1 Å². The standard InChI is InChI=1S/C27H24F6N6O.C17H19NO3/c1-15-12-39(13-16(2)40-15)14-22-37-21-10-17(23-20(27(31,32)33)4-3-9-34-23)11-35-24(21)25(38-22)36-19-7-5-18(6-8-19)26(28,29)30;1-18-7-6-17-10-3-5-13(20)16(17)21-15-12(19)4-2-9(14(15)17)8-11(10)18/h3-11,15-16H,12-14H2,1-2H3,(H,36,37,38);2-5,10-11,13,16,19-20H,6-8H2,1H3/t15-,16+;10-,11+,13-,16-,17-/m.0/s1. The van der Waals surface area contributed by atoms with E-state index in [4.69, 9.17) is 9.47 Å². The van der Waals surface area contributed by atoms with Crippen molar-refractivity contribution in [3.05, 3.63) is 107 Å². The monoisotopic (exact) mass is 847 g/mol. The van der Waals surface area contributed by atoms with Gasteiger partial charge in [-0.2, -0.15) is 26.3 Å². The largest absolute Gasteiger partial charge is 0.504 e. The zero-order chi connectivity index (χ0) is 43.0. The molecule has 1 spiro atoms. The van der Waals surface area contributed by atoms with Crippen LogP contribution in [0.25, 0.3) is 22.3 Å². The first-order valence-corrected chi connectivity index (χ1v) is 20.1. The molecule has 7 atom stereocenters. The molecule has 5 aliphatic rings. The molecule has 6 heterocycles. The van der Waals surface area contributed by atoms with Gasteiger partial charge >= 0.3 is 12.4 Å². The number of likely N-dealkylation sites (tertiary alicyclic amines) is 1. The van der Waals surface area contributed by atoms with Crippen LogP contribution < -0.4 is 10.1 Å². The van der Waals surface area contributed by atoms with E-state index in [9.17, 15) is 36.6 Å². The number of morpholine rings is 1. The van der Waals surface area contributed by atoms with Crippen LogP contribution in [0.5, 0.6) is 11.5 Å². The van der Waals surface area contributed by atoms with Crippen LogP contribution >= 0.6 is 0 Å². The Hall–Kier alpha value is -5.36. The fourth-order valence-corrected chi connectivity index (χ4v) is 9.95. The highest BCUT2D eigenvalue weighted by Gasteiger charge is 2.64. The number of nitrogens with one attached hydrogen (secondary N) is 1. The molecule has 320 valence electrons. The number of piperidine rings is 1. The Labute approximate surface area is 347 Å². The van der Waals surface area contributed by atoms with Gasteiger partial charge in [0, 0.05) is 59.7 Å². The Kier molecular flexibility index (Phi) is 10.2. The Morgan fingerprint density at radius 1 is 0.934 bits per heavy atom. The molecule has 61 heavy (non-hydrogen) atoms. The lowest BCUT2D eigenvalue weighted by atomic mass is 9.53. The van der Waals surface area contributed by atoms with E-state index < -0.39 is 29.6 Å². The van der Waals surface area contributed by atoms with Gasteiger partial charge in [-0.3, -0.25) is 9.88 Å². The second kappa shape index (κ2) is 15.2. The van der Waals surface area contributed by atoms with Crippen molar-refractivity contribution in [1.29, 1.82) is 0 Å². The van der Waals surface area contributed by atoms with E-state index in [0.29, 0.717) is 48.9 Å². The lowest BCUT2D eigenvalue weighted by Gasteiger charge is -2.56. The predicted octanol–water partition coefficient (Wildman–Crippen LogP) is 7.68. The summed E-state index contributed by atoms with van der Waals surface area (Å²) in [6.45, 7) is 6.46. The van der Waals surface area contributed by atoms with Gasteiger partial charge in [0.15, 0.2) is 17.3 Å². The van der Waals surface area contributed by atoms with Crippen molar-refractivity contribution < 1.29 is 46.0 Å². The lowest BCUT2D eigenvalue weighted by Crippen LogP contribution is -2.64. The van der Waals surface area contributed by atoms with Crippen molar-refractivity contribution in [3.63, 3.8) is 0 Å². The maximum Gasteiger partial charge on any atom is 0.418 e. The number of fused-ring (bicyclic) bond motifs is 1. The number of nitrogens with zero attached hydrogens (tertiary/aromatic N) is 6. The van der Waals surface area contributed by atoms with Gasteiger partial charge in [-0.05, 0) is 94.4 Å². The van der Waals surface area contributed by atoms with Gasteiger partial charge in [-0.1, -0.05) is 18.2 Å². The highest BCUT2D eigenvalue weighted by Crippen LogP contribution is 2.62. The van der Waals surface area contributed by atoms with E-state index in [2.05, 4.69) is 48.2 Å². The smallest absolute Gasteiger partial charge is 0.418 e. The van der Waals surface area contributed by atoms with Crippen LogP contribution in [0.2, 0.25) is 0 Å². The first-order chi connectivity index (χ1) is 29.0. The minimum absolute atomic E-state index is 0.0211. The van der Waals surface area contributed by atoms with E-state index >= 15 is 0 Å². The van der Waals surface area contributed by atoms with E-state index in [1.165, 1.54) is 47.8 Å². The maximum absolute atomic E-state index is 13.7. The molecule has 2 aromatic carbocycles. The zero-order valence-electron chi connectivity index (χ0n) is 33.4. The number of pyridine rings is 2. The number of aliphatic hydroxyl groups excluding tert-OH is 1. The minimum atomic E-state index is -4.63. The molecule has 0 saturated carbocycles. The summed E-state index contributed by atoms with van der Waals surface area (Å²) in [7, 11) is 2.19. The number of phenols is 1. The third-order valence-corrected chi connectivity index (χ3v) is 12.5. The predicted molar refractivity (Wildman–Crippen MR) is 213 cm³/mol. The van der Waals surface area contributed by atoms with Crippen LogP contribution in [0, 0.1) is 5.92 Å². The molecule has 5 aromatic rings. The fraction of sp³-hybridized carbons (Fsp3) is 0.409. The van der Waals surface area contributed by atoms with Gasteiger partial charge in [-0.25, -0.2) is 15.0 Å². The minimum Gasteiger partial charge on any atom is -0.504 e. The summed E-state index contributed by atoms with van der Waals surface area (Å²) >= 11 is 0. The van der Waals surface area contributed by atoms with Crippen LogP contribution in [0.3, 0.4) is 0 Å². The van der Waals surface area contributed by atoms with Gasteiger partial charge in [0.2, 0.25) is 0 Å². The molecule has 0 amide bonds. The normalized spacial score (nSPS) is 26.9. The molecule has 11 nitrogen and oxygen atoms in total. The number of aromatic hydroxyl groups is 1. The Bertz CT molecular complexity index is 2490. The quantitative estimate of drug-likeness (QED) is 0.119. The maximum atomic E-state index is 13.7. The SMILES string of the molecule is CN1CC[C@]23c4c5ccc(O)c4O[C@H]2[C@@H](O)C=C[C@H]3[C@H]1C5.C[C@@H]1CN(Cc2nc(Nc3ccc(C(F)(F)F)cc3)c3ncc(-c4ncccc4C(F)(F)F)cc3n2)C[C@H](C)O1. The molecule has 10 rings (SSSR count). The summed E-state index contributed by atoms with van der Waals surface area (Å²) in [4.78, 5) is 22.0. The molecule has 2 saturated heterocycles. The summed E-state index contributed by atoms with van der Waals surface area (Å²) in [5.41, 5.74) is 1.20. The second-order valence-corrected chi connectivity index (χ2v) is 16.6. The molecule has 2 bridgehead atoms. The van der Waals surface area contributed by atoms with Crippen molar-refractivity contribution in [1.82, 2.24) is 29.7 Å². The molecular formula is C44H43F6N7O4. The van der Waals surface area contributed by atoms with Gasteiger partial charge < -0.3 is 29.9 Å². The summed E-state index contributed by atoms with van der Waals surface area (Å²) in [6.07, 6.45) is -1.48. The van der Waals surface area contributed by atoms with Crippen LogP contribution in [0.1, 0.15) is 48.3 Å². The van der Waals surface area contributed by atoms with Crippen LogP contribution in [0.4, 0.5) is 37.8 Å². The summed E-state index contributed by atoms with van der Waals surface area (Å²) in [5.74, 6) is 1.76. The molecule has 2 fully saturated rings. The molecule has 3 aromatic heterocycles. The Balaban J connectivity index is 0.000000188. The number of alkyl halides is 6. The number of hydrogen-bond donors (Lipinski definition) is 3. The number of benzene rings is 2. The van der Waals surface area contributed by atoms with Crippen LogP contribution in [0.15, 0.2) is 79.1 Å². The highest BCUT2D eigenvalue weighted by atomic mass is 19.4. The number of halogens is 6. The van der Waals surface area contributed by atoms with Gasteiger partial charge in [-0.15, -0.1) is 0 Å². The molecule has 0 unspecified atom stereocenters. The third-order valence-electron chi connectivity index (χ3n) is 12.5. The zero-order valence-corrected chi connectivity index (χ0v) is 33.4. The summed E-state index contributed by atoms with van der Waals surface area (Å²) in [6, 6.07) is 12.2. The molecule has 0 radical (unpaired) electrons. The average molecular weight is 848 g/mol. The summed E-state index contributed by atoms with van der Waals surface area (Å²) < 4.78 is 91.9. The number of rotatable bonds is 5. The van der Waals surface area contributed by atoms with Crippen molar-refractivity contribution in [2.45, 2.75) is 81.5 Å². The number of likely N-dealkylation sites (N-methyl/N-ethyl adjacent to an activating group) is 1. The van der Waals surface area contributed by atoms with Gasteiger partial charge in [0.25, 0.3) is 0 Å². The van der Waals surface area contributed by atoms with Crippen molar-refractivity contribution >= 4 is 22.5 Å². The van der Waals surface area contributed by atoms with Crippen molar-refractivity contribution in [2.24, 2.45) is 5.92 Å². The first-order valence-electron chi connectivity index (χ1n) is 20.1. The second-order valence-electron chi connectivity index (χ2n) is 16.6. The number of aromatic nitrogens is 4. The highest BCUT2D eigenvalue weighted by molar-refractivity contribution is 5.89. The van der Waals surface area contributed by atoms with Crippen molar-refractivity contribution in [2.75, 3.05) is 32.0 Å². The average Bonchev–Trinajstić information content (AvgIpc) is 3.57. The van der Waals surface area contributed by atoms with Gasteiger partial charge in [0.1, 0.15) is 23.5 Å². The van der Waals surface area contributed by atoms with Gasteiger partial charge in [0.05, 0.1) is 41.1 Å². The van der Waals surface area contributed by atoms with E-state index in [-0.39, 0.29) is 57.6 Å². The first kappa shape index (κ1) is 41.0. The molecule has 3 N–H and O–H groups in total. The van der Waals surface area contributed by atoms with Crippen molar-refractivity contribution in [3.8, 4) is 22.8 Å². The number of hydrogen-bond acceptors (Lipinski definition) is 11. The third kappa shape index (κ3) is 7.44. The summed E-state index contributed by atoms with van der Waals surface area (Å²) in [5, 5.41) is 23.6. The van der Waals surface area contributed by atoms with E-state index in [0.717, 1.165) is 37.6 Å². The van der Waals surface area contributed by atoms with E-state index in [1.807, 2.05) is 26.0 Å². The molecule has 3 aliphatic heterocycles. The lowest BCUT2D eigenvalue weighted by molar-refractivity contribution is -0.138. The number of aliphatic hydroxyl groups is 1. The van der Waals surface area contributed by atoms with E-state index in [1.54, 1.807) is 6.07 Å². The number of anilines is 2. The number of phenolic OH excluding ortho intramolecular Hbond substituents is 1. The molecule has 17 heteroatoms. The molecular weight excluding hydrogens is 805 g/mol. The number of ether oxygens (including phenoxy) is 2. The van der Waals surface area contributed by atoms with Crippen LogP contribution in [-0.2, 0) is 35.5 Å². The Morgan fingerprint density at radius 3 is 2.41 bits per heavy atom. The topological polar surface area (TPSA) is 129 Å². The fourth-order valence-electron chi connectivity index (χ4n) is 9.95. The Morgan fingerprint density at radius 2 is 1.69 bits per heavy atom. The molecule has 2 aliphatic carbocycles.